The molecule has 0 bridgehead atoms. The summed E-state index contributed by atoms with van der Waals surface area (Å²) in [6.07, 6.45) is 2.46. The van der Waals surface area contributed by atoms with Crippen molar-refractivity contribution in [3.8, 4) is 0 Å². The molecule has 4 heteroatoms. The van der Waals surface area contributed by atoms with Crippen LogP contribution in [0.25, 0.3) is 0 Å². The van der Waals surface area contributed by atoms with Gasteiger partial charge in [-0.2, -0.15) is 0 Å². The molecule has 2 N–H and O–H groups in total. The number of rotatable bonds is 2. The Balaban J connectivity index is 2.42. The molecule has 0 atom stereocenters. The Bertz CT molecular complexity index is 575. The smallest absolute Gasteiger partial charge is 0.321 e. The van der Waals surface area contributed by atoms with E-state index in [-0.39, 0.29) is 16.9 Å². The van der Waals surface area contributed by atoms with Gasteiger partial charge in [-0.3, -0.25) is 0 Å². The number of anilines is 1. The van der Waals surface area contributed by atoms with E-state index < -0.39 is 5.60 Å². The molecular weight excluding hydrogens is 288 g/mol. The summed E-state index contributed by atoms with van der Waals surface area (Å²) in [4.78, 5) is 13.5. The molecule has 1 fully saturated rings. The van der Waals surface area contributed by atoms with Gasteiger partial charge >= 0.3 is 6.03 Å². The van der Waals surface area contributed by atoms with Gasteiger partial charge in [0.05, 0.1) is 5.60 Å². The number of hydrogen-bond acceptors (Lipinski definition) is 2. The maximum atomic E-state index is 12.0. The van der Waals surface area contributed by atoms with E-state index in [1.54, 1.807) is 14.1 Å². The molecule has 0 saturated heterocycles. The van der Waals surface area contributed by atoms with Gasteiger partial charge in [0.15, 0.2) is 0 Å². The number of urea groups is 1. The maximum absolute atomic E-state index is 12.0. The van der Waals surface area contributed by atoms with Gasteiger partial charge in [0.25, 0.3) is 0 Å². The second kappa shape index (κ2) is 5.82. The molecule has 1 aromatic carbocycles. The predicted octanol–water partition coefficient (Wildman–Crippen LogP) is 4.20. The first-order chi connectivity index (χ1) is 10.4. The summed E-state index contributed by atoms with van der Waals surface area (Å²) in [7, 11) is 3.42. The van der Waals surface area contributed by atoms with E-state index in [4.69, 9.17) is 0 Å². The molecule has 1 saturated carbocycles. The summed E-state index contributed by atoms with van der Waals surface area (Å²) < 4.78 is 0. The number of carbonyl (C=O) groups is 1. The number of para-hydroxylation sites is 1. The van der Waals surface area contributed by atoms with Gasteiger partial charge in [0.1, 0.15) is 0 Å². The molecule has 4 nitrogen and oxygen atoms in total. The normalized spacial score (nSPS) is 21.5. The first-order valence-electron chi connectivity index (χ1n) is 8.24. The van der Waals surface area contributed by atoms with Crippen LogP contribution < -0.4 is 5.32 Å². The number of benzene rings is 1. The standard InChI is InChI=1S/C19H30N2O2/c1-17(2)11-18(3,4)13-19(23,12-17)14-9-7-8-10-15(14)20-16(22)21(5)6/h7-10,23H,11-13H2,1-6H3,(H,20,22). The predicted molar refractivity (Wildman–Crippen MR) is 94.5 cm³/mol. The summed E-state index contributed by atoms with van der Waals surface area (Å²) in [6.45, 7) is 8.83. The lowest BCUT2D eigenvalue weighted by Gasteiger charge is -2.50. The van der Waals surface area contributed by atoms with Crippen molar-refractivity contribution in [1.82, 2.24) is 4.90 Å². The number of amides is 2. The van der Waals surface area contributed by atoms with Crippen molar-refractivity contribution in [3.63, 3.8) is 0 Å². The summed E-state index contributed by atoms with van der Waals surface area (Å²) in [5, 5.41) is 14.4. The fourth-order valence-corrected chi connectivity index (χ4v) is 4.48. The highest BCUT2D eigenvalue weighted by Crippen LogP contribution is 2.54. The first kappa shape index (κ1) is 17.8. The molecular formula is C19H30N2O2. The highest BCUT2D eigenvalue weighted by atomic mass is 16.3. The molecule has 0 unspecified atom stereocenters. The van der Waals surface area contributed by atoms with Crippen molar-refractivity contribution >= 4 is 11.7 Å². The van der Waals surface area contributed by atoms with E-state index >= 15 is 0 Å². The molecule has 0 radical (unpaired) electrons. The summed E-state index contributed by atoms with van der Waals surface area (Å²) >= 11 is 0. The topological polar surface area (TPSA) is 52.6 Å². The molecule has 1 aliphatic carbocycles. The second-order valence-electron chi connectivity index (χ2n) is 8.76. The Morgan fingerprint density at radius 3 is 2.09 bits per heavy atom. The third kappa shape index (κ3) is 4.05. The fraction of sp³-hybridized carbons (Fsp3) is 0.632. The molecule has 23 heavy (non-hydrogen) atoms. The molecule has 0 heterocycles. The lowest BCUT2D eigenvalue weighted by atomic mass is 9.58. The summed E-state index contributed by atoms with van der Waals surface area (Å²) in [5.74, 6) is 0. The van der Waals surface area contributed by atoms with Gasteiger partial charge in [-0.05, 0) is 36.2 Å². The van der Waals surface area contributed by atoms with Gasteiger partial charge in [-0.25, -0.2) is 4.79 Å². The molecule has 2 amide bonds. The van der Waals surface area contributed by atoms with E-state index in [1.807, 2.05) is 24.3 Å². The first-order valence-corrected chi connectivity index (χ1v) is 8.24. The van der Waals surface area contributed by atoms with Crippen LogP contribution in [-0.4, -0.2) is 30.1 Å². The van der Waals surface area contributed by atoms with Gasteiger partial charge in [-0.1, -0.05) is 45.9 Å². The number of aliphatic hydroxyl groups is 1. The van der Waals surface area contributed by atoms with E-state index in [2.05, 4.69) is 33.0 Å². The van der Waals surface area contributed by atoms with Crippen molar-refractivity contribution in [2.45, 2.75) is 52.6 Å². The van der Waals surface area contributed by atoms with Crippen molar-refractivity contribution < 1.29 is 9.90 Å². The molecule has 1 aromatic rings. The van der Waals surface area contributed by atoms with Crippen molar-refractivity contribution in [1.29, 1.82) is 0 Å². The number of hydrogen-bond donors (Lipinski definition) is 2. The van der Waals surface area contributed by atoms with E-state index in [1.165, 1.54) is 4.90 Å². The summed E-state index contributed by atoms with van der Waals surface area (Å²) in [5.41, 5.74) is 0.685. The molecule has 0 spiro atoms. The number of nitrogens with zero attached hydrogens (tertiary/aromatic N) is 1. The lowest BCUT2D eigenvalue weighted by Crippen LogP contribution is -2.44. The van der Waals surface area contributed by atoms with Crippen LogP contribution in [0.4, 0.5) is 10.5 Å². The summed E-state index contributed by atoms with van der Waals surface area (Å²) in [6, 6.07) is 7.42. The maximum Gasteiger partial charge on any atom is 0.321 e. The monoisotopic (exact) mass is 318 g/mol. The Kier molecular flexibility index (Phi) is 4.51. The highest BCUT2D eigenvalue weighted by molar-refractivity contribution is 5.90. The minimum absolute atomic E-state index is 0.0508. The minimum Gasteiger partial charge on any atom is -0.385 e. The van der Waals surface area contributed by atoms with Crippen LogP contribution in [0.5, 0.6) is 0 Å². The van der Waals surface area contributed by atoms with E-state index in [0.29, 0.717) is 18.5 Å². The molecule has 0 aliphatic heterocycles. The third-order valence-electron chi connectivity index (χ3n) is 4.58. The van der Waals surface area contributed by atoms with E-state index in [9.17, 15) is 9.90 Å². The quantitative estimate of drug-likeness (QED) is 0.858. The van der Waals surface area contributed by atoms with Gasteiger partial charge < -0.3 is 15.3 Å². The Hall–Kier alpha value is -1.55. The van der Waals surface area contributed by atoms with Crippen LogP contribution >= 0.6 is 0 Å². The van der Waals surface area contributed by atoms with Crippen molar-refractivity contribution in [2.75, 3.05) is 19.4 Å². The number of carbonyl (C=O) groups excluding carboxylic acids is 1. The zero-order valence-electron chi connectivity index (χ0n) is 15.2. The van der Waals surface area contributed by atoms with Crippen LogP contribution in [0.15, 0.2) is 24.3 Å². The van der Waals surface area contributed by atoms with Crippen LogP contribution in [0.2, 0.25) is 0 Å². The Morgan fingerprint density at radius 1 is 1.04 bits per heavy atom. The van der Waals surface area contributed by atoms with E-state index in [0.717, 1.165) is 12.0 Å². The average molecular weight is 318 g/mol. The van der Waals surface area contributed by atoms with Crippen LogP contribution in [0.1, 0.15) is 52.5 Å². The van der Waals surface area contributed by atoms with Crippen LogP contribution in [0.3, 0.4) is 0 Å². The zero-order chi connectivity index (χ0) is 17.5. The largest absolute Gasteiger partial charge is 0.385 e. The van der Waals surface area contributed by atoms with Gasteiger partial charge in [0, 0.05) is 25.3 Å². The van der Waals surface area contributed by atoms with Crippen molar-refractivity contribution in [3.05, 3.63) is 29.8 Å². The SMILES string of the molecule is CN(C)C(=O)Nc1ccccc1C1(O)CC(C)(C)CC(C)(C)C1. The Labute approximate surface area is 139 Å². The zero-order valence-corrected chi connectivity index (χ0v) is 15.2. The number of nitrogens with one attached hydrogen (secondary N) is 1. The second-order valence-corrected chi connectivity index (χ2v) is 8.76. The third-order valence-corrected chi connectivity index (χ3v) is 4.58. The highest BCUT2D eigenvalue weighted by Gasteiger charge is 2.48. The lowest BCUT2D eigenvalue weighted by molar-refractivity contribution is -0.0908. The Morgan fingerprint density at radius 2 is 1.57 bits per heavy atom. The average Bonchev–Trinajstić information content (AvgIpc) is 2.34. The molecule has 0 aromatic heterocycles. The van der Waals surface area contributed by atoms with Gasteiger partial charge in [-0.15, -0.1) is 0 Å². The molecule has 1 aliphatic rings. The molecule has 128 valence electrons. The molecule has 2 rings (SSSR count). The van der Waals surface area contributed by atoms with Gasteiger partial charge in [0.2, 0.25) is 0 Å². The minimum atomic E-state index is -0.929. The fourth-order valence-electron chi connectivity index (χ4n) is 4.48. The van der Waals surface area contributed by atoms with Crippen LogP contribution in [-0.2, 0) is 5.60 Å². The van der Waals surface area contributed by atoms with Crippen molar-refractivity contribution in [2.24, 2.45) is 10.8 Å². The van der Waals surface area contributed by atoms with Crippen LogP contribution in [0, 0.1) is 10.8 Å².